The van der Waals surface area contributed by atoms with Gasteiger partial charge in [-0.15, -0.1) is 0 Å². The van der Waals surface area contributed by atoms with Gasteiger partial charge in [0.1, 0.15) is 5.75 Å². The van der Waals surface area contributed by atoms with E-state index in [1.807, 2.05) is 71.8 Å². The van der Waals surface area contributed by atoms with Crippen molar-refractivity contribution >= 4 is 5.91 Å². The van der Waals surface area contributed by atoms with E-state index in [0.717, 1.165) is 24.3 Å². The molecule has 1 aliphatic rings. The average molecular weight is 405 g/mol. The summed E-state index contributed by atoms with van der Waals surface area (Å²) in [4.78, 5) is 15.0. The normalized spacial score (nSPS) is 18.9. The van der Waals surface area contributed by atoms with Crippen LogP contribution in [0.1, 0.15) is 29.6 Å². The Labute approximate surface area is 176 Å². The van der Waals surface area contributed by atoms with Gasteiger partial charge in [-0.3, -0.25) is 4.79 Å². The van der Waals surface area contributed by atoms with Gasteiger partial charge in [0.2, 0.25) is 0 Å². The highest BCUT2D eigenvalue weighted by atomic mass is 16.5. The summed E-state index contributed by atoms with van der Waals surface area (Å²) in [6.45, 7) is 1.82. The van der Waals surface area contributed by atoms with Gasteiger partial charge in [-0.25, -0.2) is 4.68 Å². The van der Waals surface area contributed by atoms with Crippen LogP contribution >= 0.6 is 0 Å². The van der Waals surface area contributed by atoms with Crippen LogP contribution in [0.5, 0.6) is 5.75 Å². The molecule has 30 heavy (non-hydrogen) atoms. The van der Waals surface area contributed by atoms with Crippen molar-refractivity contribution in [2.75, 3.05) is 26.3 Å². The Kier molecular flexibility index (Phi) is 6.14. The van der Waals surface area contributed by atoms with Gasteiger partial charge in [0.25, 0.3) is 5.91 Å². The molecule has 1 saturated heterocycles. The Morgan fingerprint density at radius 2 is 1.90 bits per heavy atom. The topological polar surface area (TPSA) is 67.6 Å². The molecule has 156 valence electrons. The molecule has 1 atom stereocenters. The van der Waals surface area contributed by atoms with Crippen LogP contribution in [-0.2, 0) is 0 Å². The molecule has 1 aliphatic heterocycles. The minimum atomic E-state index is -0.322. The number of carbonyl (C=O) groups is 1. The molecule has 1 aromatic heterocycles. The average Bonchev–Trinajstić information content (AvgIpc) is 3.35. The molecular weight excluding hydrogens is 378 g/mol. The number of amides is 1. The third-order valence-corrected chi connectivity index (χ3v) is 5.81. The fourth-order valence-corrected chi connectivity index (χ4v) is 4.06. The lowest BCUT2D eigenvalue weighted by atomic mass is 9.78. The summed E-state index contributed by atoms with van der Waals surface area (Å²) in [5, 5.41) is 14.4. The molecule has 0 bridgehead atoms. The first-order chi connectivity index (χ1) is 14.7. The lowest BCUT2D eigenvalue weighted by Crippen LogP contribution is -2.48. The molecule has 4 rings (SSSR count). The van der Waals surface area contributed by atoms with E-state index in [1.165, 1.54) is 0 Å². The van der Waals surface area contributed by atoms with Crippen LogP contribution in [-0.4, -0.2) is 52.0 Å². The van der Waals surface area contributed by atoms with Gasteiger partial charge in [0, 0.05) is 36.5 Å². The molecule has 0 spiro atoms. The van der Waals surface area contributed by atoms with E-state index in [0.29, 0.717) is 31.7 Å². The van der Waals surface area contributed by atoms with Gasteiger partial charge < -0.3 is 14.7 Å². The second kappa shape index (κ2) is 9.13. The summed E-state index contributed by atoms with van der Waals surface area (Å²) in [6.07, 6.45) is 6.07. The summed E-state index contributed by atoms with van der Waals surface area (Å²) in [7, 11) is 0. The van der Waals surface area contributed by atoms with Gasteiger partial charge in [0.15, 0.2) is 0 Å². The summed E-state index contributed by atoms with van der Waals surface area (Å²) in [5.74, 6) is 0.829. The number of hydrogen-bond donors (Lipinski definition) is 1. The molecule has 0 saturated carbocycles. The number of ether oxygens (including phenoxy) is 1. The number of para-hydroxylation sites is 1. The number of piperidine rings is 1. The van der Waals surface area contributed by atoms with E-state index in [9.17, 15) is 9.90 Å². The highest BCUT2D eigenvalue weighted by Crippen LogP contribution is 2.34. The molecule has 6 heteroatoms. The zero-order valence-corrected chi connectivity index (χ0v) is 17.0. The smallest absolute Gasteiger partial charge is 0.253 e. The van der Waals surface area contributed by atoms with Crippen LogP contribution in [0, 0.1) is 5.41 Å². The van der Waals surface area contributed by atoms with E-state index in [2.05, 4.69) is 5.10 Å². The van der Waals surface area contributed by atoms with Gasteiger partial charge in [-0.2, -0.15) is 5.10 Å². The van der Waals surface area contributed by atoms with Crippen LogP contribution in [0.15, 0.2) is 73.1 Å². The maximum atomic E-state index is 13.1. The van der Waals surface area contributed by atoms with Crippen molar-refractivity contribution in [2.45, 2.75) is 19.3 Å². The lowest BCUT2D eigenvalue weighted by Gasteiger charge is -2.42. The van der Waals surface area contributed by atoms with Crippen LogP contribution in [0.25, 0.3) is 5.69 Å². The maximum absolute atomic E-state index is 13.1. The van der Waals surface area contributed by atoms with Crippen molar-refractivity contribution in [3.63, 3.8) is 0 Å². The predicted molar refractivity (Wildman–Crippen MR) is 115 cm³/mol. The molecule has 0 radical (unpaired) electrons. The second-order valence-electron chi connectivity index (χ2n) is 7.90. The first-order valence-corrected chi connectivity index (χ1v) is 10.4. The van der Waals surface area contributed by atoms with Gasteiger partial charge in [0.05, 0.1) is 18.9 Å². The highest BCUT2D eigenvalue weighted by molar-refractivity contribution is 5.94. The number of nitrogens with zero attached hydrogens (tertiary/aromatic N) is 3. The van der Waals surface area contributed by atoms with Crippen molar-refractivity contribution in [2.24, 2.45) is 5.41 Å². The van der Waals surface area contributed by atoms with Crippen molar-refractivity contribution in [3.8, 4) is 11.4 Å². The summed E-state index contributed by atoms with van der Waals surface area (Å²) in [5.41, 5.74) is 1.25. The molecule has 1 amide bonds. The highest BCUT2D eigenvalue weighted by Gasteiger charge is 2.37. The minimum absolute atomic E-state index is 0.00326. The SMILES string of the molecule is O=C(c1ccc(-n2cccn2)cc1)N1CCCC(CO)(CCOc2ccccc2)C1. The predicted octanol–water partition coefficient (Wildman–Crippen LogP) is 3.56. The largest absolute Gasteiger partial charge is 0.494 e. The molecule has 1 N–H and O–H groups in total. The fraction of sp³-hybridized carbons (Fsp3) is 0.333. The number of likely N-dealkylation sites (tertiary alicyclic amines) is 1. The lowest BCUT2D eigenvalue weighted by molar-refractivity contribution is 0.0156. The number of carbonyl (C=O) groups excluding carboxylic acids is 1. The van der Waals surface area contributed by atoms with Crippen LogP contribution in [0.2, 0.25) is 0 Å². The zero-order chi connectivity index (χ0) is 20.8. The van der Waals surface area contributed by atoms with E-state index in [1.54, 1.807) is 10.9 Å². The van der Waals surface area contributed by atoms with E-state index in [-0.39, 0.29) is 17.9 Å². The first-order valence-electron chi connectivity index (χ1n) is 10.4. The van der Waals surface area contributed by atoms with Crippen molar-refractivity contribution < 1.29 is 14.6 Å². The fourth-order valence-electron chi connectivity index (χ4n) is 4.06. The number of benzene rings is 2. The molecule has 3 aromatic rings. The van der Waals surface area contributed by atoms with Crippen LogP contribution in [0.4, 0.5) is 0 Å². The summed E-state index contributed by atoms with van der Waals surface area (Å²) < 4.78 is 7.60. The van der Waals surface area contributed by atoms with E-state index < -0.39 is 0 Å². The Bertz CT molecular complexity index is 942. The monoisotopic (exact) mass is 405 g/mol. The number of aromatic nitrogens is 2. The third kappa shape index (κ3) is 4.54. The maximum Gasteiger partial charge on any atom is 0.253 e. The van der Waals surface area contributed by atoms with Crippen molar-refractivity contribution in [3.05, 3.63) is 78.6 Å². The Morgan fingerprint density at radius 3 is 2.60 bits per heavy atom. The zero-order valence-electron chi connectivity index (χ0n) is 17.0. The van der Waals surface area contributed by atoms with E-state index >= 15 is 0 Å². The Hall–Kier alpha value is -3.12. The molecule has 1 fully saturated rings. The van der Waals surface area contributed by atoms with E-state index in [4.69, 9.17) is 4.74 Å². The number of aliphatic hydroxyl groups excluding tert-OH is 1. The van der Waals surface area contributed by atoms with Crippen LogP contribution in [0.3, 0.4) is 0 Å². The number of aliphatic hydroxyl groups is 1. The van der Waals surface area contributed by atoms with Gasteiger partial charge in [-0.1, -0.05) is 18.2 Å². The second-order valence-corrected chi connectivity index (χ2v) is 7.90. The van der Waals surface area contributed by atoms with Crippen LogP contribution < -0.4 is 4.74 Å². The molecule has 1 unspecified atom stereocenters. The minimum Gasteiger partial charge on any atom is -0.494 e. The Balaban J connectivity index is 1.39. The molecular formula is C24H27N3O3. The van der Waals surface area contributed by atoms with Gasteiger partial charge >= 0.3 is 0 Å². The molecule has 2 heterocycles. The summed E-state index contributed by atoms with van der Waals surface area (Å²) in [6, 6.07) is 19.0. The Morgan fingerprint density at radius 1 is 1.10 bits per heavy atom. The third-order valence-electron chi connectivity index (χ3n) is 5.81. The van der Waals surface area contributed by atoms with Gasteiger partial charge in [-0.05, 0) is 61.7 Å². The number of hydrogen-bond acceptors (Lipinski definition) is 4. The van der Waals surface area contributed by atoms with Crippen molar-refractivity contribution in [1.82, 2.24) is 14.7 Å². The standard InChI is InChI=1S/C24H27N3O3/c28-19-24(13-17-30-22-6-2-1-3-7-22)12-4-15-26(18-24)23(29)20-8-10-21(11-9-20)27-16-5-14-25-27/h1-3,5-11,14,16,28H,4,12-13,15,17-19H2. The molecule has 2 aromatic carbocycles. The quantitative estimate of drug-likeness (QED) is 0.653. The first kappa shape index (κ1) is 20.2. The summed E-state index contributed by atoms with van der Waals surface area (Å²) >= 11 is 0. The molecule has 0 aliphatic carbocycles. The van der Waals surface area contributed by atoms with Crippen molar-refractivity contribution in [1.29, 1.82) is 0 Å². The number of rotatable bonds is 7. The molecule has 6 nitrogen and oxygen atoms in total.